The predicted molar refractivity (Wildman–Crippen MR) is 118 cm³/mol. The van der Waals surface area contributed by atoms with Crippen molar-refractivity contribution in [3.05, 3.63) is 101 Å². The molecule has 0 heterocycles. The number of nitrogens with one attached hydrogen (secondary N) is 2. The van der Waals surface area contributed by atoms with E-state index in [9.17, 15) is 9.59 Å². The number of amides is 2. The summed E-state index contributed by atoms with van der Waals surface area (Å²) in [5.74, 6) is 0.816. The standard InChI is InChI=1S/C26H24N2O2/c1-16(29)28-19-8-6-7-17(13-19)26(30)27-15-18-14-24-20-9-2-4-11-22(20)25(18)23-12-5-3-10-21(23)24/h2-13,18,24-25H,14-15H2,1H3,(H,27,30)(H,28,29). The second-order valence-electron chi connectivity index (χ2n) is 8.26. The van der Waals surface area contributed by atoms with Crippen LogP contribution in [0.5, 0.6) is 0 Å². The maximum atomic E-state index is 12.8. The van der Waals surface area contributed by atoms with E-state index in [1.54, 1.807) is 24.3 Å². The Balaban J connectivity index is 1.37. The van der Waals surface area contributed by atoms with Gasteiger partial charge in [0.1, 0.15) is 0 Å². The van der Waals surface area contributed by atoms with Gasteiger partial charge in [-0.05, 0) is 52.8 Å². The van der Waals surface area contributed by atoms with Crippen LogP contribution < -0.4 is 10.6 Å². The molecule has 0 spiro atoms. The summed E-state index contributed by atoms with van der Waals surface area (Å²) in [5, 5.41) is 5.87. The van der Waals surface area contributed by atoms with Crippen molar-refractivity contribution in [1.82, 2.24) is 5.32 Å². The molecule has 4 nitrogen and oxygen atoms in total. The SMILES string of the molecule is CC(=O)Nc1cccc(C(=O)NCC2CC3c4ccccc4C2c2ccccc23)c1. The number of hydrogen-bond acceptors (Lipinski definition) is 2. The topological polar surface area (TPSA) is 58.2 Å². The molecule has 2 N–H and O–H groups in total. The fraction of sp³-hybridized carbons (Fsp3) is 0.231. The van der Waals surface area contributed by atoms with Crippen LogP contribution in [0.15, 0.2) is 72.8 Å². The molecule has 3 aromatic carbocycles. The predicted octanol–water partition coefficient (Wildman–Crippen LogP) is 4.67. The summed E-state index contributed by atoms with van der Waals surface area (Å²) in [5.41, 5.74) is 6.87. The molecule has 4 heteroatoms. The highest BCUT2D eigenvalue weighted by molar-refractivity contribution is 5.96. The third-order valence-electron chi connectivity index (χ3n) is 6.39. The molecule has 30 heavy (non-hydrogen) atoms. The fourth-order valence-corrected chi connectivity index (χ4v) is 5.23. The summed E-state index contributed by atoms with van der Waals surface area (Å²) in [6.45, 7) is 2.09. The molecule has 3 aromatic rings. The average Bonchev–Trinajstić information content (AvgIpc) is 2.77. The van der Waals surface area contributed by atoms with E-state index in [0.717, 1.165) is 6.42 Å². The Labute approximate surface area is 176 Å². The first-order valence-corrected chi connectivity index (χ1v) is 10.5. The molecule has 0 radical (unpaired) electrons. The molecule has 3 aliphatic carbocycles. The van der Waals surface area contributed by atoms with Crippen LogP contribution in [0, 0.1) is 5.92 Å². The Bertz CT molecular complexity index is 1090. The first kappa shape index (κ1) is 18.6. The largest absolute Gasteiger partial charge is 0.352 e. The lowest BCUT2D eigenvalue weighted by atomic mass is 9.59. The smallest absolute Gasteiger partial charge is 0.251 e. The molecule has 6 rings (SSSR count). The quantitative estimate of drug-likeness (QED) is 0.673. The number of fused-ring (bicyclic) bond motifs is 1. The molecular weight excluding hydrogens is 372 g/mol. The van der Waals surface area contributed by atoms with Gasteiger partial charge < -0.3 is 10.6 Å². The first-order chi connectivity index (χ1) is 14.6. The minimum absolute atomic E-state index is 0.106. The lowest BCUT2D eigenvalue weighted by molar-refractivity contribution is -0.114. The molecule has 2 amide bonds. The second-order valence-corrected chi connectivity index (χ2v) is 8.26. The highest BCUT2D eigenvalue weighted by Crippen LogP contribution is 2.55. The van der Waals surface area contributed by atoms with Crippen molar-refractivity contribution in [3.8, 4) is 0 Å². The van der Waals surface area contributed by atoms with Gasteiger partial charge in [-0.3, -0.25) is 9.59 Å². The van der Waals surface area contributed by atoms with E-state index in [1.165, 1.54) is 29.2 Å². The summed E-state index contributed by atoms with van der Waals surface area (Å²) < 4.78 is 0. The molecule has 1 unspecified atom stereocenters. The van der Waals surface area contributed by atoms with Gasteiger partial charge in [-0.1, -0.05) is 54.6 Å². The van der Waals surface area contributed by atoms with Crippen LogP contribution in [0.25, 0.3) is 0 Å². The fourth-order valence-electron chi connectivity index (χ4n) is 5.23. The van der Waals surface area contributed by atoms with Gasteiger partial charge in [-0.15, -0.1) is 0 Å². The van der Waals surface area contributed by atoms with Crippen molar-refractivity contribution in [2.75, 3.05) is 11.9 Å². The van der Waals surface area contributed by atoms with Crippen molar-refractivity contribution in [2.45, 2.75) is 25.2 Å². The van der Waals surface area contributed by atoms with Crippen LogP contribution in [-0.2, 0) is 4.79 Å². The summed E-state index contributed by atoms with van der Waals surface area (Å²) in [6, 6.07) is 24.5. The van der Waals surface area contributed by atoms with Gasteiger partial charge in [0.05, 0.1) is 0 Å². The molecule has 150 valence electrons. The Morgan fingerprint density at radius 2 is 1.50 bits per heavy atom. The zero-order valence-electron chi connectivity index (χ0n) is 16.9. The van der Waals surface area contributed by atoms with Crippen LogP contribution in [0.3, 0.4) is 0 Å². The van der Waals surface area contributed by atoms with E-state index in [0.29, 0.717) is 35.5 Å². The van der Waals surface area contributed by atoms with Gasteiger partial charge in [0.25, 0.3) is 5.91 Å². The maximum absolute atomic E-state index is 12.8. The average molecular weight is 396 g/mol. The van der Waals surface area contributed by atoms with E-state index in [1.807, 2.05) is 0 Å². The summed E-state index contributed by atoms with van der Waals surface area (Å²) >= 11 is 0. The van der Waals surface area contributed by atoms with E-state index >= 15 is 0 Å². The van der Waals surface area contributed by atoms with E-state index in [2.05, 4.69) is 59.2 Å². The van der Waals surface area contributed by atoms with E-state index < -0.39 is 0 Å². The van der Waals surface area contributed by atoms with Crippen molar-refractivity contribution >= 4 is 17.5 Å². The summed E-state index contributed by atoms with van der Waals surface area (Å²) in [4.78, 5) is 24.1. The van der Waals surface area contributed by atoms with Gasteiger partial charge in [0.15, 0.2) is 0 Å². The number of hydrogen-bond donors (Lipinski definition) is 2. The first-order valence-electron chi connectivity index (χ1n) is 10.5. The minimum atomic E-state index is -0.150. The third kappa shape index (κ3) is 3.18. The van der Waals surface area contributed by atoms with Crippen LogP contribution in [0.1, 0.15) is 57.8 Å². The minimum Gasteiger partial charge on any atom is -0.352 e. The number of anilines is 1. The van der Waals surface area contributed by atoms with E-state index in [-0.39, 0.29) is 11.8 Å². The van der Waals surface area contributed by atoms with Crippen molar-refractivity contribution in [3.63, 3.8) is 0 Å². The van der Waals surface area contributed by atoms with Gasteiger partial charge in [0.2, 0.25) is 5.91 Å². The summed E-state index contributed by atoms with van der Waals surface area (Å²) in [7, 11) is 0. The Hall–Kier alpha value is -3.40. The number of carbonyl (C=O) groups excluding carboxylic acids is 2. The lowest BCUT2D eigenvalue weighted by Gasteiger charge is -2.45. The van der Waals surface area contributed by atoms with Gasteiger partial charge in [0, 0.05) is 36.6 Å². The highest BCUT2D eigenvalue weighted by Gasteiger charge is 2.42. The molecule has 0 fully saturated rings. The van der Waals surface area contributed by atoms with Gasteiger partial charge in [-0.25, -0.2) is 0 Å². The van der Waals surface area contributed by atoms with E-state index in [4.69, 9.17) is 0 Å². The second kappa shape index (κ2) is 7.45. The molecular formula is C26H24N2O2. The lowest BCUT2D eigenvalue weighted by Crippen LogP contribution is -2.39. The molecule has 1 atom stereocenters. The highest BCUT2D eigenvalue weighted by atomic mass is 16.2. The Morgan fingerprint density at radius 1 is 0.867 bits per heavy atom. The van der Waals surface area contributed by atoms with Crippen molar-refractivity contribution < 1.29 is 9.59 Å². The van der Waals surface area contributed by atoms with Crippen LogP contribution >= 0.6 is 0 Å². The zero-order chi connectivity index (χ0) is 20.7. The maximum Gasteiger partial charge on any atom is 0.251 e. The number of carbonyl (C=O) groups is 2. The van der Waals surface area contributed by atoms with Crippen molar-refractivity contribution in [2.24, 2.45) is 5.92 Å². The molecule has 0 saturated heterocycles. The third-order valence-corrected chi connectivity index (χ3v) is 6.39. The molecule has 2 bridgehead atoms. The zero-order valence-corrected chi connectivity index (χ0v) is 16.9. The number of rotatable bonds is 4. The molecule has 0 saturated carbocycles. The van der Waals surface area contributed by atoms with Crippen molar-refractivity contribution in [1.29, 1.82) is 0 Å². The van der Waals surface area contributed by atoms with Gasteiger partial charge in [-0.2, -0.15) is 0 Å². The molecule has 3 aliphatic rings. The number of benzene rings is 3. The van der Waals surface area contributed by atoms with Gasteiger partial charge >= 0.3 is 0 Å². The Kier molecular flexibility index (Phi) is 4.62. The normalized spacial score (nSPS) is 20.8. The molecule has 0 aromatic heterocycles. The van der Waals surface area contributed by atoms with Crippen LogP contribution in [0.2, 0.25) is 0 Å². The summed E-state index contributed by atoms with van der Waals surface area (Å²) in [6.07, 6.45) is 1.05. The molecule has 0 aliphatic heterocycles. The van der Waals surface area contributed by atoms with Crippen LogP contribution in [0.4, 0.5) is 5.69 Å². The monoisotopic (exact) mass is 396 g/mol. The Morgan fingerprint density at radius 3 is 2.13 bits per heavy atom. The van der Waals surface area contributed by atoms with Crippen LogP contribution in [-0.4, -0.2) is 18.4 Å².